The summed E-state index contributed by atoms with van der Waals surface area (Å²) in [6, 6.07) is 0. The van der Waals surface area contributed by atoms with Crippen LogP contribution in [0, 0.1) is 0 Å². The lowest BCUT2D eigenvalue weighted by atomic mass is 10.7. The lowest BCUT2D eigenvalue weighted by Crippen LogP contribution is -2.13. The van der Waals surface area contributed by atoms with Gasteiger partial charge < -0.3 is 75.6 Å². The monoisotopic (exact) mass is 719 g/mol. The quantitative estimate of drug-likeness (QED) is 0.0652. The molecule has 0 saturated heterocycles. The van der Waals surface area contributed by atoms with Crippen LogP contribution in [0.15, 0.2) is 13.5 Å². The minimum atomic E-state index is -4.06. The highest BCUT2D eigenvalue weighted by molar-refractivity contribution is 7.78. The lowest BCUT2D eigenvalue weighted by molar-refractivity contribution is 0.0463. The summed E-state index contributed by atoms with van der Waals surface area (Å²) in [6.45, 7) is 2.24. The topological polar surface area (TPSA) is 218 Å². The second kappa shape index (κ2) is 27.9. The SMILES string of the molecule is COCCOCCOP1(O)=NP(OCCOCCO)(OCCOCCOC)=NP(OCCOCCO)(OCCOCCOC)=N1. The van der Waals surface area contributed by atoms with Crippen LogP contribution >= 0.6 is 23.0 Å². The third kappa shape index (κ3) is 20.9. The molecule has 0 fully saturated rings. The standard InChI is InChI=1S/C23H52N3O16P3/c1-30-8-11-35-14-19-38-43(29)24-44(39-20-15-33-6-4-27,41-22-17-36-12-9-31-2)26-45(25-43,40-21-16-34-7-5-28)42-23-18-37-13-10-32-3/h27-29H,4-23H2,1-3H3. The number of aliphatic hydroxyl groups excluding tert-OH is 2. The van der Waals surface area contributed by atoms with Crippen LogP contribution in [0.5, 0.6) is 0 Å². The number of aliphatic hydroxyl groups is 2. The highest BCUT2D eigenvalue weighted by atomic mass is 31.3. The minimum absolute atomic E-state index is 0.0259. The summed E-state index contributed by atoms with van der Waals surface area (Å²) in [5.74, 6) is 0. The van der Waals surface area contributed by atoms with Gasteiger partial charge in [0.1, 0.15) is 0 Å². The largest absolute Gasteiger partial charge is 0.394 e. The van der Waals surface area contributed by atoms with Gasteiger partial charge in [0.2, 0.25) is 0 Å². The molecule has 0 aromatic rings. The normalized spacial score (nSPS) is 23.1. The van der Waals surface area contributed by atoms with Crippen molar-refractivity contribution in [1.82, 2.24) is 0 Å². The highest BCUT2D eigenvalue weighted by Crippen LogP contribution is 2.79. The summed E-state index contributed by atoms with van der Waals surface area (Å²) >= 11 is 0. The van der Waals surface area contributed by atoms with Crippen LogP contribution in [0.3, 0.4) is 0 Å². The van der Waals surface area contributed by atoms with E-state index < -0.39 is 23.0 Å². The Morgan fingerprint density at radius 2 is 0.689 bits per heavy atom. The molecule has 0 aromatic carbocycles. The average molecular weight is 720 g/mol. The summed E-state index contributed by atoms with van der Waals surface area (Å²) in [4.78, 5) is 11.7. The molecule has 0 saturated carbocycles. The van der Waals surface area contributed by atoms with Crippen molar-refractivity contribution in [2.24, 2.45) is 13.5 Å². The van der Waals surface area contributed by atoms with Crippen LogP contribution in [0.25, 0.3) is 0 Å². The van der Waals surface area contributed by atoms with Gasteiger partial charge in [-0.05, 0) is 0 Å². The molecule has 22 heteroatoms. The van der Waals surface area contributed by atoms with E-state index in [1.165, 1.54) is 0 Å². The Kier molecular flexibility index (Phi) is 26.7. The van der Waals surface area contributed by atoms with E-state index in [4.69, 9.17) is 70.7 Å². The zero-order valence-electron chi connectivity index (χ0n) is 26.5. The molecule has 3 atom stereocenters. The van der Waals surface area contributed by atoms with E-state index in [1.807, 2.05) is 0 Å². The molecule has 1 aliphatic rings. The summed E-state index contributed by atoms with van der Waals surface area (Å²) in [5.41, 5.74) is 0. The maximum absolute atomic E-state index is 11.7. The number of rotatable bonds is 33. The summed E-state index contributed by atoms with van der Waals surface area (Å²) in [5, 5.41) is 18.1. The predicted molar refractivity (Wildman–Crippen MR) is 164 cm³/mol. The summed E-state index contributed by atoms with van der Waals surface area (Å²) < 4.78 is 85.8. The van der Waals surface area contributed by atoms with E-state index in [1.54, 1.807) is 21.3 Å². The van der Waals surface area contributed by atoms with Crippen molar-refractivity contribution in [2.45, 2.75) is 0 Å². The van der Waals surface area contributed by atoms with Crippen molar-refractivity contribution < 1.29 is 75.6 Å². The van der Waals surface area contributed by atoms with E-state index in [-0.39, 0.29) is 92.5 Å². The van der Waals surface area contributed by atoms with Crippen molar-refractivity contribution in [2.75, 3.05) is 153 Å². The van der Waals surface area contributed by atoms with Crippen LogP contribution in [0.1, 0.15) is 0 Å². The zero-order chi connectivity index (χ0) is 33.0. The Hall–Kier alpha value is 0.0500. The molecule has 45 heavy (non-hydrogen) atoms. The summed E-state index contributed by atoms with van der Waals surface area (Å²) in [6.07, 6.45) is 0. The van der Waals surface area contributed by atoms with Gasteiger partial charge in [0.15, 0.2) is 0 Å². The van der Waals surface area contributed by atoms with Crippen LogP contribution in [0.2, 0.25) is 0 Å². The van der Waals surface area contributed by atoms with E-state index in [2.05, 4.69) is 13.5 Å². The fourth-order valence-electron chi connectivity index (χ4n) is 2.97. The Bertz CT molecular complexity index is 855. The van der Waals surface area contributed by atoms with Gasteiger partial charge in [0.25, 0.3) is 0 Å². The number of hydrogen-bond donors (Lipinski definition) is 3. The number of hydrogen-bond acceptors (Lipinski definition) is 18. The third-order valence-electron chi connectivity index (χ3n) is 4.89. The van der Waals surface area contributed by atoms with Crippen molar-refractivity contribution in [3.63, 3.8) is 0 Å². The first-order chi connectivity index (χ1) is 21.9. The maximum atomic E-state index is 11.7. The van der Waals surface area contributed by atoms with E-state index in [0.717, 1.165) is 0 Å². The Labute approximate surface area is 265 Å². The average Bonchev–Trinajstić information content (AvgIpc) is 3.02. The molecule has 3 N–H and O–H groups in total. The maximum Gasteiger partial charge on any atom is 0.349 e. The second-order valence-corrected chi connectivity index (χ2v) is 14.8. The van der Waals surface area contributed by atoms with Crippen molar-refractivity contribution >= 4 is 23.0 Å². The first kappa shape index (κ1) is 43.1. The van der Waals surface area contributed by atoms with E-state index >= 15 is 0 Å². The summed E-state index contributed by atoms with van der Waals surface area (Å²) in [7, 11) is -6.90. The van der Waals surface area contributed by atoms with Gasteiger partial charge >= 0.3 is 23.0 Å². The number of nitrogens with zero attached hydrogens (tertiary/aromatic N) is 3. The van der Waals surface area contributed by atoms with Crippen LogP contribution in [-0.2, 0) is 60.5 Å². The Balaban J connectivity index is 3.41. The van der Waals surface area contributed by atoms with Crippen LogP contribution in [0.4, 0.5) is 0 Å². The van der Waals surface area contributed by atoms with Gasteiger partial charge in [-0.25, -0.2) is 0 Å². The van der Waals surface area contributed by atoms with Crippen LogP contribution < -0.4 is 0 Å². The smallest absolute Gasteiger partial charge is 0.349 e. The van der Waals surface area contributed by atoms with Gasteiger partial charge in [-0.3, -0.25) is 0 Å². The fourth-order valence-corrected chi connectivity index (χ4v) is 11.6. The molecule has 1 heterocycles. The molecule has 0 amide bonds. The lowest BCUT2D eigenvalue weighted by Gasteiger charge is -2.31. The molecule has 1 aliphatic heterocycles. The predicted octanol–water partition coefficient (Wildman–Crippen LogP) is 1.92. The third-order valence-corrected chi connectivity index (χ3v) is 13.0. The first-order valence-electron chi connectivity index (χ1n) is 14.4. The molecular weight excluding hydrogens is 667 g/mol. The van der Waals surface area contributed by atoms with Gasteiger partial charge in [0, 0.05) is 21.3 Å². The minimum Gasteiger partial charge on any atom is -0.394 e. The Morgan fingerprint density at radius 3 is 1.04 bits per heavy atom. The molecule has 0 bridgehead atoms. The van der Waals surface area contributed by atoms with Gasteiger partial charge in [-0.15, -0.1) is 13.5 Å². The van der Waals surface area contributed by atoms with Crippen molar-refractivity contribution in [3.05, 3.63) is 0 Å². The zero-order valence-corrected chi connectivity index (χ0v) is 29.2. The molecule has 3 unspecified atom stereocenters. The number of methoxy groups -OCH3 is 3. The van der Waals surface area contributed by atoms with Gasteiger partial charge in [0.05, 0.1) is 132 Å². The molecule has 19 nitrogen and oxygen atoms in total. The van der Waals surface area contributed by atoms with Crippen LogP contribution in [-0.4, -0.2) is 169 Å². The molecular formula is C23H52N3O16P3. The molecule has 0 radical (unpaired) electrons. The van der Waals surface area contributed by atoms with Gasteiger partial charge in [-0.1, -0.05) is 0 Å². The van der Waals surface area contributed by atoms with E-state index in [9.17, 15) is 4.89 Å². The number of ether oxygens (including phenoxy) is 8. The first-order valence-corrected chi connectivity index (χ1v) is 19.0. The Morgan fingerprint density at radius 1 is 0.378 bits per heavy atom. The molecule has 0 aromatic heterocycles. The van der Waals surface area contributed by atoms with E-state index in [0.29, 0.717) is 39.6 Å². The molecule has 0 aliphatic carbocycles. The fraction of sp³-hybridized carbons (Fsp3) is 1.00. The van der Waals surface area contributed by atoms with Crippen molar-refractivity contribution in [1.29, 1.82) is 0 Å². The second-order valence-electron chi connectivity index (χ2n) is 8.42. The van der Waals surface area contributed by atoms with Crippen molar-refractivity contribution in [3.8, 4) is 0 Å². The molecule has 0 spiro atoms. The molecule has 270 valence electrons. The highest BCUT2D eigenvalue weighted by Gasteiger charge is 2.41. The van der Waals surface area contributed by atoms with Gasteiger partial charge in [-0.2, -0.15) is 0 Å². The molecule has 1 rings (SSSR count).